The van der Waals surface area contributed by atoms with Gasteiger partial charge in [0.1, 0.15) is 11.9 Å². The summed E-state index contributed by atoms with van der Waals surface area (Å²) in [4.78, 5) is 26.3. The van der Waals surface area contributed by atoms with Crippen LogP contribution in [-0.2, 0) is 9.53 Å². The van der Waals surface area contributed by atoms with Crippen molar-refractivity contribution < 1.29 is 9.53 Å². The Bertz CT molecular complexity index is 1160. The summed E-state index contributed by atoms with van der Waals surface area (Å²) in [6.07, 6.45) is 3.27. The molecule has 156 valence electrons. The number of hydrogen-bond acceptors (Lipinski definition) is 6. The van der Waals surface area contributed by atoms with E-state index in [0.717, 1.165) is 53.9 Å². The summed E-state index contributed by atoms with van der Waals surface area (Å²) >= 11 is 0. The molecule has 0 radical (unpaired) electrons. The van der Waals surface area contributed by atoms with E-state index in [9.17, 15) is 10.1 Å². The molecule has 31 heavy (non-hydrogen) atoms. The fourth-order valence-corrected chi connectivity index (χ4v) is 4.30. The van der Waals surface area contributed by atoms with Gasteiger partial charge in [-0.1, -0.05) is 18.2 Å². The summed E-state index contributed by atoms with van der Waals surface area (Å²) in [7, 11) is 0. The monoisotopic (exact) mass is 413 g/mol. The Kier molecular flexibility index (Phi) is 5.23. The van der Waals surface area contributed by atoms with E-state index in [0.29, 0.717) is 25.3 Å². The van der Waals surface area contributed by atoms with Crippen LogP contribution in [0.15, 0.2) is 48.7 Å². The van der Waals surface area contributed by atoms with Crippen LogP contribution in [0.1, 0.15) is 18.4 Å². The first kappa shape index (κ1) is 19.5. The number of carbonyl (C=O) groups is 1. The highest BCUT2D eigenvalue weighted by atomic mass is 16.5. The minimum Gasteiger partial charge on any atom is -0.368 e. The van der Waals surface area contributed by atoms with Crippen LogP contribution in [0, 0.1) is 11.3 Å². The molecular formula is C24H23N5O2. The van der Waals surface area contributed by atoms with Crippen molar-refractivity contribution in [3.05, 3.63) is 54.2 Å². The third-order valence-corrected chi connectivity index (χ3v) is 5.96. The predicted octanol–water partition coefficient (Wildman–Crippen LogP) is 3.00. The van der Waals surface area contributed by atoms with Gasteiger partial charge in [-0.15, -0.1) is 0 Å². The van der Waals surface area contributed by atoms with Gasteiger partial charge in [-0.25, -0.2) is 4.98 Å². The Labute approximate surface area is 180 Å². The second kappa shape index (κ2) is 8.32. The number of pyridine rings is 2. The maximum Gasteiger partial charge on any atom is 0.251 e. The molecule has 7 heteroatoms. The van der Waals surface area contributed by atoms with Gasteiger partial charge >= 0.3 is 0 Å². The molecule has 1 aromatic carbocycles. The smallest absolute Gasteiger partial charge is 0.251 e. The number of hydrogen-bond donors (Lipinski definition) is 0. The van der Waals surface area contributed by atoms with Gasteiger partial charge < -0.3 is 14.5 Å². The molecule has 0 saturated carbocycles. The van der Waals surface area contributed by atoms with Crippen molar-refractivity contribution in [2.24, 2.45) is 0 Å². The van der Waals surface area contributed by atoms with E-state index >= 15 is 0 Å². The van der Waals surface area contributed by atoms with Gasteiger partial charge in [-0.05, 0) is 37.1 Å². The molecule has 2 aromatic heterocycles. The molecule has 2 aliphatic heterocycles. The van der Waals surface area contributed by atoms with Crippen molar-refractivity contribution >= 4 is 22.6 Å². The van der Waals surface area contributed by atoms with E-state index in [1.807, 2.05) is 35.2 Å². The van der Waals surface area contributed by atoms with E-state index in [-0.39, 0.29) is 12.0 Å². The van der Waals surface area contributed by atoms with E-state index < -0.39 is 0 Å². The van der Waals surface area contributed by atoms with Crippen molar-refractivity contribution in [3.63, 3.8) is 0 Å². The van der Waals surface area contributed by atoms with E-state index in [1.54, 1.807) is 12.3 Å². The van der Waals surface area contributed by atoms with Gasteiger partial charge in [0.05, 0.1) is 22.8 Å². The maximum atomic E-state index is 12.7. The number of aromatic nitrogens is 2. The van der Waals surface area contributed by atoms with Crippen molar-refractivity contribution in [3.8, 4) is 17.3 Å². The third-order valence-electron chi connectivity index (χ3n) is 5.96. The molecule has 2 fully saturated rings. The fourth-order valence-electron chi connectivity index (χ4n) is 4.30. The van der Waals surface area contributed by atoms with Crippen LogP contribution in [-0.4, -0.2) is 59.7 Å². The summed E-state index contributed by atoms with van der Waals surface area (Å²) in [6, 6.07) is 15.7. The average molecular weight is 413 g/mol. The van der Waals surface area contributed by atoms with Crippen LogP contribution in [0.25, 0.3) is 22.2 Å². The number of carbonyl (C=O) groups excluding carboxylic acids is 1. The predicted molar refractivity (Wildman–Crippen MR) is 117 cm³/mol. The molecule has 1 atom stereocenters. The van der Waals surface area contributed by atoms with Crippen molar-refractivity contribution in [2.75, 3.05) is 37.7 Å². The van der Waals surface area contributed by atoms with Crippen LogP contribution >= 0.6 is 0 Å². The summed E-state index contributed by atoms with van der Waals surface area (Å²) in [6.45, 7) is 3.43. The lowest BCUT2D eigenvalue weighted by Gasteiger charge is -2.36. The number of nitriles is 1. The minimum absolute atomic E-state index is 0.113. The maximum absolute atomic E-state index is 12.7. The Morgan fingerprint density at radius 1 is 1.13 bits per heavy atom. The molecule has 2 saturated heterocycles. The zero-order chi connectivity index (χ0) is 21.2. The molecule has 1 unspecified atom stereocenters. The van der Waals surface area contributed by atoms with Gasteiger partial charge in [0, 0.05) is 49.9 Å². The van der Waals surface area contributed by atoms with Crippen LogP contribution in [0.2, 0.25) is 0 Å². The van der Waals surface area contributed by atoms with Gasteiger partial charge in [0.25, 0.3) is 5.91 Å². The van der Waals surface area contributed by atoms with Crippen LogP contribution < -0.4 is 4.90 Å². The number of fused-ring (bicyclic) bond motifs is 1. The summed E-state index contributed by atoms with van der Waals surface area (Å²) in [5, 5.41) is 10.3. The molecule has 0 aliphatic carbocycles. The Morgan fingerprint density at radius 2 is 2.00 bits per heavy atom. The number of rotatable bonds is 3. The highest BCUT2D eigenvalue weighted by Crippen LogP contribution is 2.30. The zero-order valence-electron chi connectivity index (χ0n) is 17.2. The third kappa shape index (κ3) is 3.82. The van der Waals surface area contributed by atoms with Crippen LogP contribution in [0.5, 0.6) is 0 Å². The number of benzene rings is 1. The Balaban J connectivity index is 1.43. The summed E-state index contributed by atoms with van der Waals surface area (Å²) in [5.74, 6) is 0.976. The van der Waals surface area contributed by atoms with Crippen molar-refractivity contribution in [2.45, 2.75) is 18.9 Å². The molecule has 0 spiro atoms. The van der Waals surface area contributed by atoms with E-state index in [2.05, 4.69) is 22.0 Å². The number of nitrogens with zero attached hydrogens (tertiary/aromatic N) is 5. The van der Waals surface area contributed by atoms with Gasteiger partial charge in [0.15, 0.2) is 0 Å². The number of anilines is 1. The Hall–Kier alpha value is -3.50. The number of piperazine rings is 1. The molecule has 4 heterocycles. The lowest BCUT2D eigenvalue weighted by Crippen LogP contribution is -2.51. The molecule has 1 amide bonds. The lowest BCUT2D eigenvalue weighted by molar-refractivity contribution is -0.141. The Morgan fingerprint density at radius 3 is 2.77 bits per heavy atom. The summed E-state index contributed by atoms with van der Waals surface area (Å²) < 4.78 is 5.56. The first-order valence-electron chi connectivity index (χ1n) is 10.6. The van der Waals surface area contributed by atoms with Crippen molar-refractivity contribution in [1.82, 2.24) is 14.9 Å². The second-order valence-electron chi connectivity index (χ2n) is 7.91. The van der Waals surface area contributed by atoms with Gasteiger partial charge in [0.2, 0.25) is 0 Å². The van der Waals surface area contributed by atoms with Crippen LogP contribution in [0.3, 0.4) is 0 Å². The molecule has 7 nitrogen and oxygen atoms in total. The minimum atomic E-state index is -0.268. The SMILES string of the molecule is N#Cc1cccc(-c2nc(N3CCN(C(=O)C4CCCO4)CC3)cc3cccnc23)c1. The second-order valence-corrected chi connectivity index (χ2v) is 7.91. The summed E-state index contributed by atoms with van der Waals surface area (Å²) in [5.41, 5.74) is 3.04. The van der Waals surface area contributed by atoms with E-state index in [4.69, 9.17) is 9.72 Å². The normalized spacial score (nSPS) is 18.9. The fraction of sp³-hybridized carbons (Fsp3) is 0.333. The highest BCUT2D eigenvalue weighted by Gasteiger charge is 2.30. The highest BCUT2D eigenvalue weighted by molar-refractivity contribution is 5.93. The molecule has 3 aromatic rings. The zero-order valence-corrected chi connectivity index (χ0v) is 17.2. The van der Waals surface area contributed by atoms with Gasteiger partial charge in [-0.3, -0.25) is 9.78 Å². The van der Waals surface area contributed by atoms with Crippen molar-refractivity contribution in [1.29, 1.82) is 5.26 Å². The molecule has 5 rings (SSSR count). The average Bonchev–Trinajstić information content (AvgIpc) is 3.38. The molecular weight excluding hydrogens is 390 g/mol. The standard InChI is InChI=1S/C24H23N5O2/c25-16-17-4-1-5-18(14-17)23-22-19(6-2-8-26-22)15-21(27-23)28-9-11-29(12-10-28)24(30)20-7-3-13-31-20/h1-2,4-6,8,14-15,20H,3,7,9-13H2. The van der Waals surface area contributed by atoms with Crippen LogP contribution in [0.4, 0.5) is 5.82 Å². The number of ether oxygens (including phenoxy) is 1. The first-order valence-corrected chi connectivity index (χ1v) is 10.6. The van der Waals surface area contributed by atoms with E-state index in [1.165, 1.54) is 0 Å². The molecule has 0 N–H and O–H groups in total. The molecule has 2 aliphatic rings. The van der Waals surface area contributed by atoms with Gasteiger partial charge in [-0.2, -0.15) is 5.26 Å². The number of amides is 1. The first-order chi connectivity index (χ1) is 15.2. The quantitative estimate of drug-likeness (QED) is 0.657. The largest absolute Gasteiger partial charge is 0.368 e. The molecule has 0 bridgehead atoms. The lowest BCUT2D eigenvalue weighted by atomic mass is 10.1. The topological polar surface area (TPSA) is 82.4 Å².